The maximum atomic E-state index is 12.9. The van der Waals surface area contributed by atoms with Crippen molar-refractivity contribution in [2.45, 2.75) is 19.4 Å². The number of benzene rings is 2. The van der Waals surface area contributed by atoms with Crippen LogP contribution in [-0.2, 0) is 19.4 Å². The second-order valence-corrected chi connectivity index (χ2v) is 5.61. The Labute approximate surface area is 134 Å². The third kappa shape index (κ3) is 4.18. The van der Waals surface area contributed by atoms with Gasteiger partial charge in [0.1, 0.15) is 17.2 Å². The highest BCUT2D eigenvalue weighted by atomic mass is 19.1. The van der Waals surface area contributed by atoms with Crippen molar-refractivity contribution in [3.05, 3.63) is 71.2 Å². The Morgan fingerprint density at radius 1 is 0.957 bits per heavy atom. The molecule has 23 heavy (non-hydrogen) atoms. The lowest BCUT2D eigenvalue weighted by Crippen LogP contribution is -2.17. The monoisotopic (exact) mass is 313 g/mol. The average Bonchev–Trinajstić information content (AvgIpc) is 2.97. The van der Waals surface area contributed by atoms with E-state index in [1.807, 2.05) is 18.2 Å². The number of fused-ring (bicyclic) bond motifs is 1. The number of furan rings is 1. The largest absolute Gasteiger partial charge is 0.461 e. The summed E-state index contributed by atoms with van der Waals surface area (Å²) in [5.41, 5.74) is 3.11. The lowest BCUT2D eigenvalue weighted by Gasteiger charge is -2.02. The molecule has 3 rings (SSSR count). The quantitative estimate of drug-likeness (QED) is 0.657. The number of halogens is 1. The van der Waals surface area contributed by atoms with E-state index in [0.717, 1.165) is 40.7 Å². The molecule has 3 aromatic rings. The van der Waals surface area contributed by atoms with E-state index in [9.17, 15) is 4.39 Å². The Hall–Kier alpha value is -2.17. The fourth-order valence-electron chi connectivity index (χ4n) is 2.59. The van der Waals surface area contributed by atoms with E-state index in [0.29, 0.717) is 13.1 Å². The van der Waals surface area contributed by atoms with Gasteiger partial charge in [0.25, 0.3) is 0 Å². The van der Waals surface area contributed by atoms with Crippen LogP contribution in [0.5, 0.6) is 0 Å². The molecule has 4 heteroatoms. The fourth-order valence-corrected chi connectivity index (χ4v) is 2.59. The van der Waals surface area contributed by atoms with Crippen LogP contribution in [0.25, 0.3) is 11.0 Å². The molecule has 1 aromatic heterocycles. The van der Waals surface area contributed by atoms with E-state index in [-0.39, 0.29) is 12.4 Å². The van der Waals surface area contributed by atoms with Crippen molar-refractivity contribution < 1.29 is 13.9 Å². The van der Waals surface area contributed by atoms with E-state index in [4.69, 9.17) is 9.52 Å². The van der Waals surface area contributed by atoms with Crippen molar-refractivity contribution in [1.82, 2.24) is 5.32 Å². The van der Waals surface area contributed by atoms with Crippen LogP contribution in [0.4, 0.5) is 4.39 Å². The first kappa shape index (κ1) is 15.7. The van der Waals surface area contributed by atoms with Crippen LogP contribution in [0.3, 0.4) is 0 Å². The first-order chi connectivity index (χ1) is 11.2. The summed E-state index contributed by atoms with van der Waals surface area (Å²) in [5.74, 6) is 0.726. The van der Waals surface area contributed by atoms with Gasteiger partial charge in [-0.1, -0.05) is 24.3 Å². The van der Waals surface area contributed by atoms with Crippen LogP contribution < -0.4 is 5.32 Å². The molecule has 2 N–H and O–H groups in total. The number of hydrogen-bond acceptors (Lipinski definition) is 3. The van der Waals surface area contributed by atoms with Gasteiger partial charge in [-0.3, -0.25) is 0 Å². The second kappa shape index (κ2) is 7.40. The van der Waals surface area contributed by atoms with Crippen LogP contribution in [0, 0.1) is 5.82 Å². The number of hydrogen-bond donors (Lipinski definition) is 2. The van der Waals surface area contributed by atoms with Crippen molar-refractivity contribution in [2.75, 3.05) is 13.2 Å². The summed E-state index contributed by atoms with van der Waals surface area (Å²) in [6.45, 7) is 1.43. The van der Waals surface area contributed by atoms with Crippen molar-refractivity contribution in [3.8, 4) is 0 Å². The average molecular weight is 313 g/mol. The second-order valence-electron chi connectivity index (χ2n) is 5.61. The molecule has 0 radical (unpaired) electrons. The molecule has 0 amide bonds. The van der Waals surface area contributed by atoms with Gasteiger partial charge in [0.05, 0.1) is 6.61 Å². The SMILES string of the molecule is OCCNCc1ccc2cc(CCc3ccc(F)cc3)oc2c1. The molecule has 1 heterocycles. The van der Waals surface area contributed by atoms with E-state index in [1.165, 1.54) is 12.1 Å². The third-order valence-electron chi connectivity index (χ3n) is 3.83. The van der Waals surface area contributed by atoms with Gasteiger partial charge in [-0.15, -0.1) is 0 Å². The van der Waals surface area contributed by atoms with E-state index < -0.39 is 0 Å². The highest BCUT2D eigenvalue weighted by Crippen LogP contribution is 2.22. The molecule has 0 spiro atoms. The topological polar surface area (TPSA) is 45.4 Å². The Morgan fingerprint density at radius 2 is 1.74 bits per heavy atom. The third-order valence-corrected chi connectivity index (χ3v) is 3.83. The molecular weight excluding hydrogens is 293 g/mol. The Morgan fingerprint density at radius 3 is 2.52 bits per heavy atom. The van der Waals surface area contributed by atoms with Gasteiger partial charge in [0, 0.05) is 24.9 Å². The number of rotatable bonds is 7. The highest BCUT2D eigenvalue weighted by molar-refractivity contribution is 5.78. The van der Waals surface area contributed by atoms with Gasteiger partial charge >= 0.3 is 0 Å². The minimum absolute atomic E-state index is 0.135. The fraction of sp³-hybridized carbons (Fsp3) is 0.263. The number of aryl methyl sites for hydroxylation is 2. The van der Waals surface area contributed by atoms with Crippen LogP contribution in [0.1, 0.15) is 16.9 Å². The Kier molecular flexibility index (Phi) is 5.05. The van der Waals surface area contributed by atoms with Crippen molar-refractivity contribution in [1.29, 1.82) is 0 Å². The zero-order valence-electron chi connectivity index (χ0n) is 12.9. The van der Waals surface area contributed by atoms with Crippen LogP contribution in [0.2, 0.25) is 0 Å². The van der Waals surface area contributed by atoms with Crippen molar-refractivity contribution in [3.63, 3.8) is 0 Å². The summed E-state index contributed by atoms with van der Waals surface area (Å²) in [6.07, 6.45) is 1.61. The number of nitrogens with one attached hydrogen (secondary N) is 1. The zero-order chi connectivity index (χ0) is 16.1. The molecule has 0 aliphatic rings. The maximum Gasteiger partial charge on any atom is 0.134 e. The molecule has 0 atom stereocenters. The number of aliphatic hydroxyl groups excluding tert-OH is 1. The van der Waals surface area contributed by atoms with Gasteiger partial charge in [-0.25, -0.2) is 4.39 Å². The summed E-state index contributed by atoms with van der Waals surface area (Å²) < 4.78 is 18.8. The molecule has 0 saturated carbocycles. The maximum absolute atomic E-state index is 12.9. The van der Waals surface area contributed by atoms with E-state index in [1.54, 1.807) is 0 Å². The molecule has 2 aromatic carbocycles. The molecule has 120 valence electrons. The predicted molar refractivity (Wildman–Crippen MR) is 88.8 cm³/mol. The molecule has 0 bridgehead atoms. The molecular formula is C19H20FNO2. The minimum Gasteiger partial charge on any atom is -0.461 e. The zero-order valence-corrected chi connectivity index (χ0v) is 12.9. The van der Waals surface area contributed by atoms with E-state index in [2.05, 4.69) is 23.5 Å². The van der Waals surface area contributed by atoms with Crippen molar-refractivity contribution in [2.24, 2.45) is 0 Å². The van der Waals surface area contributed by atoms with Crippen LogP contribution >= 0.6 is 0 Å². The highest BCUT2D eigenvalue weighted by Gasteiger charge is 2.05. The first-order valence-electron chi connectivity index (χ1n) is 7.82. The smallest absolute Gasteiger partial charge is 0.134 e. The molecule has 0 unspecified atom stereocenters. The van der Waals surface area contributed by atoms with Gasteiger partial charge in [-0.2, -0.15) is 0 Å². The predicted octanol–water partition coefficient (Wildman–Crippen LogP) is 3.44. The van der Waals surface area contributed by atoms with Gasteiger partial charge in [-0.05, 0) is 41.8 Å². The summed E-state index contributed by atoms with van der Waals surface area (Å²) in [4.78, 5) is 0. The van der Waals surface area contributed by atoms with Crippen molar-refractivity contribution >= 4 is 11.0 Å². The summed E-state index contributed by atoms with van der Waals surface area (Å²) in [5, 5.41) is 13.0. The van der Waals surface area contributed by atoms with Crippen LogP contribution in [0.15, 0.2) is 52.9 Å². The molecule has 0 aliphatic heterocycles. The first-order valence-corrected chi connectivity index (χ1v) is 7.82. The van der Waals surface area contributed by atoms with Crippen LogP contribution in [-0.4, -0.2) is 18.3 Å². The molecule has 0 aliphatic carbocycles. The molecule has 0 fully saturated rings. The van der Waals surface area contributed by atoms with E-state index >= 15 is 0 Å². The normalized spacial score (nSPS) is 11.2. The molecule has 3 nitrogen and oxygen atoms in total. The number of aliphatic hydroxyl groups is 1. The van der Waals surface area contributed by atoms with Gasteiger partial charge < -0.3 is 14.8 Å². The summed E-state index contributed by atoms with van der Waals surface area (Å²) in [7, 11) is 0. The Bertz CT molecular complexity index is 765. The lowest BCUT2D eigenvalue weighted by molar-refractivity contribution is 0.292. The molecule has 0 saturated heterocycles. The standard InChI is InChI=1S/C19H20FNO2/c20-17-6-2-14(3-7-17)4-8-18-12-16-5-1-15(11-19(16)23-18)13-21-9-10-22/h1-3,5-7,11-12,21-22H,4,8-10,13H2. The minimum atomic E-state index is -0.208. The van der Waals surface area contributed by atoms with Gasteiger partial charge in [0.15, 0.2) is 0 Å². The lowest BCUT2D eigenvalue weighted by atomic mass is 10.1. The summed E-state index contributed by atoms with van der Waals surface area (Å²) >= 11 is 0. The summed E-state index contributed by atoms with van der Waals surface area (Å²) in [6, 6.07) is 14.8. The van der Waals surface area contributed by atoms with Gasteiger partial charge in [0.2, 0.25) is 0 Å². The Balaban J connectivity index is 1.66.